The number of phenolic OH excluding ortho intramolecular Hbond substituents is 4. The van der Waals surface area contributed by atoms with E-state index >= 15 is 0 Å². The molecule has 0 aliphatic rings. The second-order valence-corrected chi connectivity index (χ2v) is 9.30. The summed E-state index contributed by atoms with van der Waals surface area (Å²) in [6.45, 7) is 0. The predicted octanol–water partition coefficient (Wildman–Crippen LogP) is 4.34. The van der Waals surface area contributed by atoms with Crippen LogP contribution in [0.15, 0.2) is 60.7 Å². The summed E-state index contributed by atoms with van der Waals surface area (Å²) in [6.07, 6.45) is 0. The summed E-state index contributed by atoms with van der Waals surface area (Å²) in [5, 5.41) is 39.5. The fraction of sp³-hybridized carbons (Fsp3) is 0.125. The lowest BCUT2D eigenvalue weighted by Crippen LogP contribution is -2.18. The highest BCUT2D eigenvalue weighted by atomic mass is 16.5. The van der Waals surface area contributed by atoms with Gasteiger partial charge < -0.3 is 39.4 Å². The Bertz CT molecular complexity index is 1650. The van der Waals surface area contributed by atoms with Gasteiger partial charge in [0.2, 0.25) is 23.1 Å². The van der Waals surface area contributed by atoms with Gasteiger partial charge in [0.1, 0.15) is 23.0 Å². The number of phenols is 4. The van der Waals surface area contributed by atoms with Gasteiger partial charge in [-0.1, -0.05) is 0 Å². The number of carbonyl (C=O) groups excluding carboxylic acids is 4. The third kappa shape index (κ3) is 5.95. The number of ether oxygens (including phenoxy) is 4. The Balaban J connectivity index is 2.01. The highest BCUT2D eigenvalue weighted by Crippen LogP contribution is 2.42. The molecule has 0 radical (unpaired) electrons. The highest BCUT2D eigenvalue weighted by molar-refractivity contribution is 6.52. The fourth-order valence-electron chi connectivity index (χ4n) is 4.54. The zero-order valence-electron chi connectivity index (χ0n) is 23.8. The molecule has 0 heterocycles. The Labute approximate surface area is 250 Å². The summed E-state index contributed by atoms with van der Waals surface area (Å²) in [5.41, 5.74) is -1.34. The molecule has 4 aromatic carbocycles. The highest BCUT2D eigenvalue weighted by Gasteiger charge is 2.30. The van der Waals surface area contributed by atoms with E-state index in [0.717, 1.165) is 36.4 Å². The van der Waals surface area contributed by atoms with Gasteiger partial charge in [0, 0.05) is 34.4 Å². The van der Waals surface area contributed by atoms with Crippen LogP contribution in [0.5, 0.6) is 46.0 Å². The van der Waals surface area contributed by atoms with E-state index < -0.39 is 46.1 Å². The van der Waals surface area contributed by atoms with E-state index in [1.54, 1.807) is 0 Å². The Morgan fingerprint density at radius 2 is 0.682 bits per heavy atom. The molecule has 4 rings (SSSR count). The molecule has 0 atom stereocenters. The van der Waals surface area contributed by atoms with Crippen LogP contribution in [0.4, 0.5) is 0 Å². The number of ketones is 4. The van der Waals surface area contributed by atoms with Gasteiger partial charge in [-0.15, -0.1) is 0 Å². The van der Waals surface area contributed by atoms with Gasteiger partial charge in [-0.25, -0.2) is 0 Å². The summed E-state index contributed by atoms with van der Waals surface area (Å²) < 4.78 is 21.5. The van der Waals surface area contributed by atoms with Gasteiger partial charge in [-0.3, -0.25) is 19.2 Å². The van der Waals surface area contributed by atoms with Crippen molar-refractivity contribution >= 4 is 23.1 Å². The molecule has 44 heavy (non-hydrogen) atoms. The van der Waals surface area contributed by atoms with Crippen LogP contribution in [0, 0.1) is 0 Å². The van der Waals surface area contributed by atoms with Gasteiger partial charge in [0.25, 0.3) is 0 Å². The molecule has 4 aromatic rings. The molecule has 0 bridgehead atoms. The number of rotatable bonds is 11. The van der Waals surface area contributed by atoms with Crippen LogP contribution < -0.4 is 18.9 Å². The molecule has 0 spiro atoms. The normalized spacial score (nSPS) is 10.5. The fourth-order valence-corrected chi connectivity index (χ4v) is 4.54. The first-order chi connectivity index (χ1) is 20.9. The Kier molecular flexibility index (Phi) is 8.75. The molecule has 4 N–H and O–H groups in total. The quantitative estimate of drug-likeness (QED) is 0.141. The average molecular weight is 603 g/mol. The minimum atomic E-state index is -1.12. The maximum Gasteiger partial charge on any atom is 0.234 e. The third-order valence-electron chi connectivity index (χ3n) is 6.57. The Morgan fingerprint density at radius 3 is 0.955 bits per heavy atom. The predicted molar refractivity (Wildman–Crippen MR) is 155 cm³/mol. The van der Waals surface area contributed by atoms with Gasteiger partial charge in [0.05, 0.1) is 28.4 Å². The molecule has 12 heteroatoms. The molecule has 0 aromatic heterocycles. The first kappa shape index (κ1) is 30.9. The van der Waals surface area contributed by atoms with Crippen LogP contribution in [0.1, 0.15) is 41.4 Å². The molecular formula is C32H26O12. The summed E-state index contributed by atoms with van der Waals surface area (Å²) in [7, 11) is 5.25. The standard InChI is InChI=1S/C32H26O12/c1-41-25-11-21(23(13-27(25)43-3)31(39)29(37)15-5-17(33)9-18(34)6-15)22-12-26(42-2)28(44-4)14-24(22)32(40)30(38)16-7-19(35)10-20(36)8-16/h5-14,33-36H,1-4H3. The topological polar surface area (TPSA) is 186 Å². The van der Waals surface area contributed by atoms with E-state index in [-0.39, 0.29) is 56.4 Å². The van der Waals surface area contributed by atoms with Gasteiger partial charge in [-0.05, 0) is 59.7 Å². The van der Waals surface area contributed by atoms with E-state index in [1.165, 1.54) is 52.7 Å². The Morgan fingerprint density at radius 1 is 0.409 bits per heavy atom. The molecule has 0 aliphatic carbocycles. The average Bonchev–Trinajstić information content (AvgIpc) is 3.00. The van der Waals surface area contributed by atoms with Crippen LogP contribution in [-0.2, 0) is 0 Å². The molecule has 0 amide bonds. The van der Waals surface area contributed by atoms with Crippen LogP contribution in [-0.4, -0.2) is 72.0 Å². The van der Waals surface area contributed by atoms with E-state index in [9.17, 15) is 39.6 Å². The number of hydrogen-bond acceptors (Lipinski definition) is 12. The second-order valence-electron chi connectivity index (χ2n) is 9.30. The van der Waals surface area contributed by atoms with Crippen molar-refractivity contribution in [2.24, 2.45) is 0 Å². The lowest BCUT2D eigenvalue weighted by Gasteiger charge is -2.18. The largest absolute Gasteiger partial charge is 0.508 e. The van der Waals surface area contributed by atoms with Gasteiger partial charge >= 0.3 is 0 Å². The smallest absolute Gasteiger partial charge is 0.234 e. The van der Waals surface area contributed by atoms with Crippen LogP contribution in [0.25, 0.3) is 11.1 Å². The second kappa shape index (κ2) is 12.4. The lowest BCUT2D eigenvalue weighted by atomic mass is 9.87. The third-order valence-corrected chi connectivity index (χ3v) is 6.57. The minimum Gasteiger partial charge on any atom is -0.508 e. The van der Waals surface area contributed by atoms with Crippen LogP contribution in [0.2, 0.25) is 0 Å². The van der Waals surface area contributed by atoms with Crippen molar-refractivity contribution in [3.8, 4) is 57.1 Å². The van der Waals surface area contributed by atoms with Crippen molar-refractivity contribution in [2.75, 3.05) is 28.4 Å². The monoisotopic (exact) mass is 602 g/mol. The van der Waals surface area contributed by atoms with Gasteiger partial charge in [0.15, 0.2) is 23.0 Å². The van der Waals surface area contributed by atoms with E-state index in [1.807, 2.05) is 0 Å². The summed E-state index contributed by atoms with van der Waals surface area (Å²) in [6, 6.07) is 11.0. The van der Waals surface area contributed by atoms with E-state index in [0.29, 0.717) is 0 Å². The number of hydrogen-bond donors (Lipinski definition) is 4. The molecular weight excluding hydrogens is 576 g/mol. The zero-order valence-corrected chi connectivity index (χ0v) is 23.8. The Hall–Kier alpha value is -6.04. The van der Waals surface area contributed by atoms with Crippen molar-refractivity contribution in [1.29, 1.82) is 0 Å². The van der Waals surface area contributed by atoms with Crippen molar-refractivity contribution < 1.29 is 58.6 Å². The van der Waals surface area contributed by atoms with Crippen molar-refractivity contribution in [3.05, 3.63) is 82.9 Å². The van der Waals surface area contributed by atoms with Gasteiger partial charge in [-0.2, -0.15) is 0 Å². The summed E-state index contributed by atoms with van der Waals surface area (Å²) in [5.74, 6) is -6.04. The lowest BCUT2D eigenvalue weighted by molar-refractivity contribution is 0.0815. The first-order valence-corrected chi connectivity index (χ1v) is 12.7. The summed E-state index contributed by atoms with van der Waals surface area (Å²) >= 11 is 0. The first-order valence-electron chi connectivity index (χ1n) is 12.7. The number of benzene rings is 4. The SMILES string of the molecule is COc1cc(C(=O)C(=O)c2cc(O)cc(O)c2)c(-c2cc(OC)c(OC)cc2C(=O)C(=O)c2cc(O)cc(O)c2)cc1OC. The number of methoxy groups -OCH3 is 4. The maximum atomic E-state index is 13.7. The van der Waals surface area contributed by atoms with Crippen molar-refractivity contribution in [2.45, 2.75) is 0 Å². The zero-order chi connectivity index (χ0) is 32.3. The molecule has 0 fully saturated rings. The van der Waals surface area contributed by atoms with Crippen molar-refractivity contribution in [1.82, 2.24) is 0 Å². The molecule has 0 unspecified atom stereocenters. The summed E-state index contributed by atoms with van der Waals surface area (Å²) in [4.78, 5) is 54.2. The van der Waals surface area contributed by atoms with E-state index in [2.05, 4.69) is 0 Å². The maximum absolute atomic E-state index is 13.7. The molecule has 0 saturated carbocycles. The number of carbonyl (C=O) groups is 4. The van der Waals surface area contributed by atoms with E-state index in [4.69, 9.17) is 18.9 Å². The molecule has 0 aliphatic heterocycles. The minimum absolute atomic E-state index is 0.0471. The number of aromatic hydroxyl groups is 4. The van der Waals surface area contributed by atoms with Crippen molar-refractivity contribution in [3.63, 3.8) is 0 Å². The molecule has 226 valence electrons. The number of Topliss-reactive ketones (excluding diaryl/α,β-unsaturated/α-hetero) is 4. The molecule has 12 nitrogen and oxygen atoms in total. The van der Waals surface area contributed by atoms with Crippen LogP contribution >= 0.6 is 0 Å². The van der Waals surface area contributed by atoms with Crippen LogP contribution in [0.3, 0.4) is 0 Å². The molecule has 0 saturated heterocycles.